The van der Waals surface area contributed by atoms with Crippen molar-refractivity contribution in [2.24, 2.45) is 0 Å². The van der Waals surface area contributed by atoms with Crippen molar-refractivity contribution in [1.29, 1.82) is 0 Å². The van der Waals surface area contributed by atoms with Crippen molar-refractivity contribution in [1.82, 2.24) is 0 Å². The second-order valence-corrected chi connectivity index (χ2v) is 6.78. The molecule has 0 N–H and O–H groups in total. The van der Waals surface area contributed by atoms with Crippen LogP contribution in [0.1, 0.15) is 52.3 Å². The number of benzene rings is 1. The number of fused-ring (bicyclic) bond motifs is 1. The van der Waals surface area contributed by atoms with Crippen molar-refractivity contribution in [3.05, 3.63) is 69.3 Å². The van der Waals surface area contributed by atoms with E-state index in [1.165, 1.54) is 57.0 Å². The van der Waals surface area contributed by atoms with E-state index < -0.39 is 0 Å². The zero-order valence-electron chi connectivity index (χ0n) is 17.1. The quantitative estimate of drug-likeness (QED) is 0.522. The molecule has 0 unspecified atom stereocenters. The van der Waals surface area contributed by atoms with Crippen LogP contribution in [0.4, 0.5) is 0 Å². The molecule has 3 rings (SSSR count). The molecule has 0 amide bonds. The summed E-state index contributed by atoms with van der Waals surface area (Å²) in [5, 5.41) is 2.79. The van der Waals surface area contributed by atoms with Gasteiger partial charge in [0.05, 0.1) is 0 Å². The summed E-state index contributed by atoms with van der Waals surface area (Å²) in [6.45, 7) is 15.5. The molecule has 0 bridgehead atoms. The van der Waals surface area contributed by atoms with E-state index in [-0.39, 0.29) is 35.6 Å². The molecule has 0 aromatic heterocycles. The predicted octanol–water partition coefficient (Wildman–Crippen LogP) is 0.773. The van der Waals surface area contributed by atoms with Crippen LogP contribution in [0.25, 0.3) is 10.8 Å². The Kier molecular flexibility index (Phi) is 12.1. The maximum absolute atomic E-state index is 2.25. The molecule has 26 heavy (non-hydrogen) atoms. The van der Waals surface area contributed by atoms with Gasteiger partial charge < -0.3 is 9.41 Å². The van der Waals surface area contributed by atoms with E-state index in [9.17, 15) is 0 Å². The Bertz CT molecular complexity index is 748. The Balaban J connectivity index is 0. The van der Waals surface area contributed by atoms with Gasteiger partial charge in [0.25, 0.3) is 0 Å². The van der Waals surface area contributed by atoms with Crippen molar-refractivity contribution in [3.8, 4) is 0 Å². The van der Waals surface area contributed by atoms with E-state index in [4.69, 9.17) is 0 Å². The fourth-order valence-corrected chi connectivity index (χ4v) is 3.46. The molecule has 0 fully saturated rings. The van der Waals surface area contributed by atoms with Crippen molar-refractivity contribution >= 4 is 10.8 Å². The molecule has 0 atom stereocenters. The average molecular weight is 436 g/mol. The molecular formula is C23H30F2Zr. The minimum atomic E-state index is 0. The van der Waals surface area contributed by atoms with Gasteiger partial charge in [-0.2, -0.15) is 39.9 Å². The Morgan fingerprint density at radius 1 is 0.885 bits per heavy atom. The van der Waals surface area contributed by atoms with Gasteiger partial charge in [-0.3, -0.25) is 0 Å². The first-order valence-corrected chi connectivity index (χ1v) is 8.72. The van der Waals surface area contributed by atoms with Crippen LogP contribution in [-0.4, -0.2) is 0 Å². The second kappa shape index (κ2) is 11.6. The van der Waals surface area contributed by atoms with Gasteiger partial charge in [-0.25, -0.2) is 0 Å². The summed E-state index contributed by atoms with van der Waals surface area (Å²) in [7, 11) is 0. The van der Waals surface area contributed by atoms with E-state index in [2.05, 4.69) is 78.8 Å². The summed E-state index contributed by atoms with van der Waals surface area (Å²) in [4.78, 5) is 0. The van der Waals surface area contributed by atoms with Gasteiger partial charge >= 0.3 is 26.2 Å². The molecule has 140 valence electrons. The summed E-state index contributed by atoms with van der Waals surface area (Å²) in [6, 6.07) is 10.8. The third-order valence-corrected chi connectivity index (χ3v) is 5.34. The molecule has 0 heterocycles. The van der Waals surface area contributed by atoms with Crippen molar-refractivity contribution in [2.75, 3.05) is 0 Å². The van der Waals surface area contributed by atoms with E-state index in [0.717, 1.165) is 0 Å². The Morgan fingerprint density at radius 3 is 1.92 bits per heavy atom. The minimum absolute atomic E-state index is 0. The van der Waals surface area contributed by atoms with Crippen molar-refractivity contribution < 1.29 is 35.6 Å². The van der Waals surface area contributed by atoms with Gasteiger partial charge in [-0.1, -0.05) is 66.0 Å². The maximum atomic E-state index is 2.25. The minimum Gasteiger partial charge on any atom is -1.00 e. The van der Waals surface area contributed by atoms with E-state index in [1.807, 2.05) is 0 Å². The van der Waals surface area contributed by atoms with Gasteiger partial charge in [0, 0.05) is 0 Å². The summed E-state index contributed by atoms with van der Waals surface area (Å²) < 4.78 is 0. The first-order valence-electron chi connectivity index (χ1n) is 8.72. The van der Waals surface area contributed by atoms with Crippen LogP contribution < -0.4 is 9.41 Å². The number of halogens is 2. The van der Waals surface area contributed by atoms with Gasteiger partial charge in [0.1, 0.15) is 0 Å². The van der Waals surface area contributed by atoms with Gasteiger partial charge in [0.2, 0.25) is 0 Å². The summed E-state index contributed by atoms with van der Waals surface area (Å²) >= 11 is 0. The molecule has 0 nitrogen and oxygen atoms in total. The summed E-state index contributed by atoms with van der Waals surface area (Å²) in [5.74, 6) is 0. The second-order valence-electron chi connectivity index (χ2n) is 6.78. The standard InChI is InChI=1S/C12H19.C11H11.2FH.Zr/c1-6-7-12-10(4)8(2)9(3)11(12)5;1-8-6-7-9(2)11-5-3-4-10(8)11;;;/h6-7H2,1-5H3;3-7H,1-2H3;2*1H;/q2*-1;;;+4/p-2. The smallest absolute Gasteiger partial charge is 1.00 e. The first-order chi connectivity index (χ1) is 10.9. The predicted molar refractivity (Wildman–Crippen MR) is 104 cm³/mol. The monoisotopic (exact) mass is 434 g/mol. The zero-order valence-corrected chi connectivity index (χ0v) is 19.5. The average Bonchev–Trinajstić information content (AvgIpc) is 3.10. The number of hydrogen-bond donors (Lipinski definition) is 0. The largest absolute Gasteiger partial charge is 4.00 e. The Hall–Kier alpha value is -1.08. The van der Waals surface area contributed by atoms with Gasteiger partial charge in [-0.05, 0) is 6.92 Å². The Morgan fingerprint density at radius 2 is 1.46 bits per heavy atom. The van der Waals surface area contributed by atoms with E-state index in [1.54, 1.807) is 5.56 Å². The number of rotatable bonds is 2. The van der Waals surface area contributed by atoms with Crippen LogP contribution in [-0.2, 0) is 32.6 Å². The molecule has 3 aromatic carbocycles. The molecule has 0 spiro atoms. The molecule has 0 saturated heterocycles. The summed E-state index contributed by atoms with van der Waals surface area (Å²) in [5.41, 5.74) is 10.4. The zero-order chi connectivity index (χ0) is 17.1. The van der Waals surface area contributed by atoms with Gasteiger partial charge in [0.15, 0.2) is 0 Å². The molecule has 0 aliphatic heterocycles. The first kappa shape index (κ1) is 27.1. The van der Waals surface area contributed by atoms with E-state index >= 15 is 0 Å². The van der Waals surface area contributed by atoms with Crippen LogP contribution in [0.5, 0.6) is 0 Å². The SMILES string of the molecule is CCCc1c(C)c(C)c(C)[c-]1C.Cc1ccc(C)c2[cH-]ccc12.[F-].[F-].[Zr+4]. The number of hydrogen-bond acceptors (Lipinski definition) is 0. The molecular weight excluding hydrogens is 405 g/mol. The number of aryl methyl sites for hydroxylation is 2. The van der Waals surface area contributed by atoms with Crippen LogP contribution in [0.2, 0.25) is 0 Å². The fourth-order valence-electron chi connectivity index (χ4n) is 3.46. The topological polar surface area (TPSA) is 0 Å². The third kappa shape index (κ3) is 5.46. The van der Waals surface area contributed by atoms with Crippen LogP contribution in [0.3, 0.4) is 0 Å². The molecule has 0 aliphatic carbocycles. The normalized spacial score (nSPS) is 9.50. The molecule has 3 heteroatoms. The van der Waals surface area contributed by atoms with Crippen LogP contribution in [0, 0.1) is 41.5 Å². The van der Waals surface area contributed by atoms with Crippen molar-refractivity contribution in [3.63, 3.8) is 0 Å². The van der Waals surface area contributed by atoms with Crippen molar-refractivity contribution in [2.45, 2.75) is 61.3 Å². The third-order valence-electron chi connectivity index (χ3n) is 5.34. The summed E-state index contributed by atoms with van der Waals surface area (Å²) in [6.07, 6.45) is 2.50. The molecule has 0 radical (unpaired) electrons. The van der Waals surface area contributed by atoms with Gasteiger partial charge in [-0.15, -0.1) is 28.5 Å². The van der Waals surface area contributed by atoms with Crippen LogP contribution in [0.15, 0.2) is 30.3 Å². The van der Waals surface area contributed by atoms with Crippen LogP contribution >= 0.6 is 0 Å². The Labute approximate surface area is 176 Å². The molecule has 0 aliphatic rings. The maximum Gasteiger partial charge on any atom is 4.00 e. The van der Waals surface area contributed by atoms with E-state index in [0.29, 0.717) is 0 Å². The molecule has 0 saturated carbocycles. The molecule has 3 aromatic rings. The fraction of sp³-hybridized carbons (Fsp3) is 0.391.